The van der Waals surface area contributed by atoms with Gasteiger partial charge in [-0.2, -0.15) is 0 Å². The summed E-state index contributed by atoms with van der Waals surface area (Å²) in [6.07, 6.45) is 7.98. The minimum atomic E-state index is -0.575. The number of carbonyl (C=O) groups is 1. The van der Waals surface area contributed by atoms with E-state index >= 15 is 0 Å². The van der Waals surface area contributed by atoms with Crippen LogP contribution in [-0.4, -0.2) is 34.8 Å². The number of carbonyl (C=O) groups excluding carboxylic acids is 1. The summed E-state index contributed by atoms with van der Waals surface area (Å²) in [6, 6.07) is -0.0688. The molecule has 4 rings (SSSR count). The van der Waals surface area contributed by atoms with Crippen molar-refractivity contribution in [1.82, 2.24) is 0 Å². The number of esters is 1. The molecule has 1 spiro atoms. The van der Waals surface area contributed by atoms with Gasteiger partial charge in [0.15, 0.2) is 5.60 Å². The molecule has 1 aliphatic carbocycles. The molecule has 2 bridgehead atoms. The van der Waals surface area contributed by atoms with E-state index in [9.17, 15) is 10.0 Å². The van der Waals surface area contributed by atoms with E-state index in [0.29, 0.717) is 13.0 Å². The third-order valence-corrected chi connectivity index (χ3v) is 4.67. The van der Waals surface area contributed by atoms with Crippen molar-refractivity contribution in [3.05, 3.63) is 29.0 Å². The lowest BCUT2D eigenvalue weighted by Gasteiger charge is -2.44. The van der Waals surface area contributed by atoms with Crippen molar-refractivity contribution in [3.8, 4) is 0 Å². The largest absolute Gasteiger partial charge is 0.632 e. The van der Waals surface area contributed by atoms with E-state index in [1.807, 2.05) is 12.2 Å². The topological polar surface area (TPSA) is 49.4 Å². The average Bonchev–Trinajstić information content (AvgIpc) is 2.81. The molecule has 0 aromatic rings. The van der Waals surface area contributed by atoms with Gasteiger partial charge in [0.2, 0.25) is 0 Å². The lowest BCUT2D eigenvalue weighted by atomic mass is 9.81. The zero-order valence-corrected chi connectivity index (χ0v) is 8.89. The number of rotatable bonds is 0. The lowest BCUT2D eigenvalue weighted by molar-refractivity contribution is -0.899. The van der Waals surface area contributed by atoms with E-state index in [1.54, 1.807) is 6.08 Å². The number of ether oxygens (including phenoxy) is 1. The number of hydrogen-bond acceptors (Lipinski definition) is 3. The van der Waals surface area contributed by atoms with Gasteiger partial charge in [0.1, 0.15) is 12.1 Å². The molecule has 16 heavy (non-hydrogen) atoms. The first-order chi connectivity index (χ1) is 7.65. The normalized spacial score (nSPS) is 52.3. The Kier molecular flexibility index (Phi) is 1.35. The van der Waals surface area contributed by atoms with Crippen LogP contribution in [0, 0.1) is 5.21 Å². The van der Waals surface area contributed by atoms with Gasteiger partial charge in [0.05, 0.1) is 13.0 Å². The van der Waals surface area contributed by atoms with Crippen LogP contribution in [0.4, 0.5) is 0 Å². The van der Waals surface area contributed by atoms with E-state index in [-0.39, 0.29) is 22.7 Å². The van der Waals surface area contributed by atoms with Gasteiger partial charge in [0, 0.05) is 24.5 Å². The lowest BCUT2D eigenvalue weighted by Crippen LogP contribution is -2.51. The maximum Gasteiger partial charge on any atom is 0.332 e. The van der Waals surface area contributed by atoms with Gasteiger partial charge in [-0.3, -0.25) is 0 Å². The molecule has 3 heterocycles. The predicted molar refractivity (Wildman–Crippen MR) is 56.0 cm³/mol. The summed E-state index contributed by atoms with van der Waals surface area (Å²) in [5.74, 6) is -0.277. The van der Waals surface area contributed by atoms with E-state index < -0.39 is 5.60 Å². The fourth-order valence-corrected chi connectivity index (χ4v) is 4.05. The summed E-state index contributed by atoms with van der Waals surface area (Å²) in [4.78, 5) is 11.4. The highest BCUT2D eigenvalue weighted by atomic mass is 16.6. The highest BCUT2D eigenvalue weighted by molar-refractivity contribution is 5.88. The van der Waals surface area contributed by atoms with Gasteiger partial charge in [0.25, 0.3) is 0 Å². The molecule has 4 nitrogen and oxygen atoms in total. The summed E-state index contributed by atoms with van der Waals surface area (Å²) in [5.41, 5.74) is 0.353. The van der Waals surface area contributed by atoms with Crippen LogP contribution in [0.15, 0.2) is 23.8 Å². The maximum absolute atomic E-state index is 12.8. The first-order valence-electron chi connectivity index (χ1n) is 5.87. The van der Waals surface area contributed by atoms with Gasteiger partial charge in [-0.25, -0.2) is 4.79 Å². The van der Waals surface area contributed by atoms with Gasteiger partial charge >= 0.3 is 5.97 Å². The Bertz CT molecular complexity index is 455. The molecule has 4 atom stereocenters. The summed E-state index contributed by atoms with van der Waals surface area (Å²) in [5, 5.41) is 12.8. The van der Waals surface area contributed by atoms with Crippen molar-refractivity contribution in [2.75, 3.05) is 6.54 Å². The molecule has 0 saturated carbocycles. The Labute approximate surface area is 93.3 Å². The molecule has 1 unspecified atom stereocenters. The molecule has 0 radical (unpaired) electrons. The van der Waals surface area contributed by atoms with E-state index in [4.69, 9.17) is 4.74 Å². The molecule has 84 valence electrons. The molecule has 0 N–H and O–H groups in total. The monoisotopic (exact) mass is 219 g/mol. The third-order valence-electron chi connectivity index (χ3n) is 4.67. The third kappa shape index (κ3) is 0.759. The van der Waals surface area contributed by atoms with Gasteiger partial charge in [-0.05, 0) is 6.08 Å². The van der Waals surface area contributed by atoms with Crippen molar-refractivity contribution in [1.29, 1.82) is 0 Å². The van der Waals surface area contributed by atoms with Crippen molar-refractivity contribution in [3.63, 3.8) is 0 Å². The zero-order chi connectivity index (χ0) is 11.0. The molecule has 4 heteroatoms. The molecular formula is C12H13NO3. The minimum Gasteiger partial charge on any atom is -0.632 e. The molecule has 0 aromatic carbocycles. The summed E-state index contributed by atoms with van der Waals surface area (Å²) < 4.78 is 5.36. The Morgan fingerprint density at radius 2 is 2.44 bits per heavy atom. The summed E-state index contributed by atoms with van der Waals surface area (Å²) in [7, 11) is 0. The van der Waals surface area contributed by atoms with Crippen LogP contribution in [0.1, 0.15) is 19.3 Å². The summed E-state index contributed by atoms with van der Waals surface area (Å²) in [6.45, 7) is 0.673. The summed E-state index contributed by atoms with van der Waals surface area (Å²) >= 11 is 0. The van der Waals surface area contributed by atoms with Crippen LogP contribution >= 0.6 is 0 Å². The quantitative estimate of drug-likeness (QED) is 0.347. The standard InChI is InChI=1S/C12H13NO3/c14-11-6-8-3-4-9-7-12(8,16-11)10-2-1-5-13(9,10)15/h3-4,6,9-10H,1-2,5,7H2/t9-,10-,12+,13?/m0/s1. The van der Waals surface area contributed by atoms with Crippen LogP contribution in [0.5, 0.6) is 0 Å². The SMILES string of the molecule is O=C1C=C2C=C[C@H]3C[C@]2(O1)[C@@H]1CCC[N+]31[O-]. The molecule has 3 aliphatic heterocycles. The Balaban J connectivity index is 1.93. The van der Waals surface area contributed by atoms with Crippen molar-refractivity contribution >= 4 is 5.97 Å². The highest BCUT2D eigenvalue weighted by Crippen LogP contribution is 2.55. The number of hydroxylamine groups is 3. The smallest absolute Gasteiger partial charge is 0.332 e. The van der Waals surface area contributed by atoms with Crippen LogP contribution in [0.25, 0.3) is 0 Å². The Morgan fingerprint density at radius 3 is 3.31 bits per heavy atom. The fraction of sp³-hybridized carbons (Fsp3) is 0.583. The number of nitrogens with zero attached hydrogens (tertiary/aromatic N) is 1. The van der Waals surface area contributed by atoms with Crippen molar-refractivity contribution in [2.24, 2.45) is 0 Å². The van der Waals surface area contributed by atoms with Gasteiger partial charge < -0.3 is 14.6 Å². The molecule has 2 saturated heterocycles. The number of quaternary nitrogens is 1. The minimum absolute atomic E-state index is 0.00412. The molecular weight excluding hydrogens is 206 g/mol. The molecule has 4 aliphatic rings. The first-order valence-corrected chi connectivity index (χ1v) is 5.87. The van der Waals surface area contributed by atoms with Crippen LogP contribution in [0.3, 0.4) is 0 Å². The van der Waals surface area contributed by atoms with Crippen molar-refractivity contribution in [2.45, 2.75) is 36.9 Å². The second-order valence-corrected chi connectivity index (χ2v) is 5.28. The van der Waals surface area contributed by atoms with Crippen LogP contribution in [-0.2, 0) is 9.53 Å². The average molecular weight is 219 g/mol. The molecule has 2 fully saturated rings. The molecule has 0 aromatic heterocycles. The Morgan fingerprint density at radius 1 is 1.56 bits per heavy atom. The predicted octanol–water partition coefficient (Wildman–Crippen LogP) is 1.03. The van der Waals surface area contributed by atoms with Crippen LogP contribution in [0.2, 0.25) is 0 Å². The maximum atomic E-state index is 12.8. The first kappa shape index (κ1) is 8.96. The van der Waals surface area contributed by atoms with Gasteiger partial charge in [-0.15, -0.1) is 0 Å². The van der Waals surface area contributed by atoms with E-state index in [2.05, 4.69) is 0 Å². The second-order valence-electron chi connectivity index (χ2n) is 5.28. The Hall–Kier alpha value is -1.13. The van der Waals surface area contributed by atoms with E-state index in [1.165, 1.54) is 0 Å². The van der Waals surface area contributed by atoms with Crippen LogP contribution < -0.4 is 0 Å². The van der Waals surface area contributed by atoms with Gasteiger partial charge in [-0.1, -0.05) is 6.08 Å². The highest BCUT2D eigenvalue weighted by Gasteiger charge is 2.67. The van der Waals surface area contributed by atoms with E-state index in [0.717, 1.165) is 18.4 Å². The second kappa shape index (κ2) is 2.41. The number of fused-ring (bicyclic) bond motifs is 3. The fourth-order valence-electron chi connectivity index (χ4n) is 4.05. The zero-order valence-electron chi connectivity index (χ0n) is 8.89. The molecule has 0 amide bonds. The number of hydrogen-bond donors (Lipinski definition) is 0. The van der Waals surface area contributed by atoms with Crippen molar-refractivity contribution < 1.29 is 14.2 Å².